The minimum Gasteiger partial charge on any atom is -0.489 e. The normalized spacial score (nSPS) is 14.5. The molecule has 1 fully saturated rings. The van der Waals surface area contributed by atoms with E-state index in [4.69, 9.17) is 9.47 Å². The molecule has 0 saturated heterocycles. The molecule has 24 heavy (non-hydrogen) atoms. The monoisotopic (exact) mass is 341 g/mol. The van der Waals surface area contributed by atoms with Crippen molar-refractivity contribution in [2.75, 3.05) is 40.0 Å². The van der Waals surface area contributed by atoms with Crippen LogP contribution in [0.1, 0.15) is 19.3 Å². The van der Waals surface area contributed by atoms with E-state index in [1.807, 2.05) is 0 Å². The molecule has 0 spiro atoms. The van der Waals surface area contributed by atoms with Gasteiger partial charge in [-0.15, -0.1) is 0 Å². The number of nitrogens with zero attached hydrogens (tertiary/aromatic N) is 1. The molecule has 1 aromatic rings. The second kappa shape index (κ2) is 10.1. The van der Waals surface area contributed by atoms with E-state index in [-0.39, 0.29) is 12.4 Å². The van der Waals surface area contributed by atoms with Crippen molar-refractivity contribution in [3.05, 3.63) is 29.8 Å². The van der Waals surface area contributed by atoms with Gasteiger partial charge in [-0.05, 0) is 37.3 Å². The molecule has 0 unspecified atom stereocenters. The van der Waals surface area contributed by atoms with E-state index in [1.165, 1.54) is 18.9 Å². The van der Waals surface area contributed by atoms with E-state index in [9.17, 15) is 8.78 Å². The van der Waals surface area contributed by atoms with Gasteiger partial charge in [-0.3, -0.25) is 4.99 Å². The smallest absolute Gasteiger partial charge is 0.191 e. The lowest BCUT2D eigenvalue weighted by Crippen LogP contribution is -2.39. The van der Waals surface area contributed by atoms with E-state index in [2.05, 4.69) is 15.6 Å². The predicted octanol–water partition coefficient (Wildman–Crippen LogP) is 2.33. The lowest BCUT2D eigenvalue weighted by atomic mass is 10.3. The number of ether oxygens (including phenoxy) is 2. The highest BCUT2D eigenvalue weighted by Crippen LogP contribution is 2.28. The summed E-state index contributed by atoms with van der Waals surface area (Å²) in [7, 11) is 1.68. The highest BCUT2D eigenvalue weighted by atomic mass is 19.1. The summed E-state index contributed by atoms with van der Waals surface area (Å²) in [6.07, 6.45) is 3.52. The zero-order valence-corrected chi connectivity index (χ0v) is 14.0. The molecule has 0 aliphatic heterocycles. The van der Waals surface area contributed by atoms with Crippen LogP contribution in [0.25, 0.3) is 0 Å². The van der Waals surface area contributed by atoms with Crippen LogP contribution in [0.5, 0.6) is 5.75 Å². The Balaban J connectivity index is 1.52. The third-order valence-corrected chi connectivity index (χ3v) is 3.58. The SMILES string of the molecule is CN=C(NCCCOCC1CC1)NCCOc1ccc(F)cc1F. The quantitative estimate of drug-likeness (QED) is 0.390. The summed E-state index contributed by atoms with van der Waals surface area (Å²) >= 11 is 0. The average Bonchev–Trinajstić information content (AvgIpc) is 3.38. The van der Waals surface area contributed by atoms with Crippen molar-refractivity contribution in [1.29, 1.82) is 0 Å². The Kier molecular flexibility index (Phi) is 7.74. The van der Waals surface area contributed by atoms with Crippen LogP contribution in [0.15, 0.2) is 23.2 Å². The fraction of sp³-hybridized carbons (Fsp3) is 0.588. The Morgan fingerprint density at radius 3 is 2.71 bits per heavy atom. The molecule has 7 heteroatoms. The third kappa shape index (κ3) is 7.12. The molecule has 2 N–H and O–H groups in total. The average molecular weight is 341 g/mol. The number of rotatable bonds is 10. The first-order valence-corrected chi connectivity index (χ1v) is 8.29. The van der Waals surface area contributed by atoms with Gasteiger partial charge in [0.25, 0.3) is 0 Å². The van der Waals surface area contributed by atoms with Gasteiger partial charge in [0.1, 0.15) is 12.4 Å². The van der Waals surface area contributed by atoms with Crippen molar-refractivity contribution < 1.29 is 18.3 Å². The van der Waals surface area contributed by atoms with Crippen LogP contribution >= 0.6 is 0 Å². The Labute approximate surface area is 141 Å². The van der Waals surface area contributed by atoms with Crippen molar-refractivity contribution in [2.24, 2.45) is 10.9 Å². The van der Waals surface area contributed by atoms with Gasteiger partial charge >= 0.3 is 0 Å². The zero-order valence-electron chi connectivity index (χ0n) is 14.0. The molecule has 5 nitrogen and oxygen atoms in total. The van der Waals surface area contributed by atoms with Gasteiger partial charge in [0.2, 0.25) is 0 Å². The Morgan fingerprint density at radius 1 is 1.21 bits per heavy atom. The molecule has 134 valence electrons. The first-order valence-electron chi connectivity index (χ1n) is 8.29. The van der Waals surface area contributed by atoms with Gasteiger partial charge < -0.3 is 20.1 Å². The molecular formula is C17H25F2N3O2. The van der Waals surface area contributed by atoms with Crippen LogP contribution in [0.4, 0.5) is 8.78 Å². The standard InChI is InChI=1S/C17H25F2N3O2/c1-20-17(21-7-2-9-23-12-13-3-4-13)22-8-10-24-16-6-5-14(18)11-15(16)19/h5-6,11,13H,2-4,7-10,12H2,1H3,(H2,20,21,22). The van der Waals surface area contributed by atoms with Crippen molar-refractivity contribution >= 4 is 5.96 Å². The lowest BCUT2D eigenvalue weighted by Gasteiger charge is -2.13. The Hall–Kier alpha value is -1.89. The van der Waals surface area contributed by atoms with Gasteiger partial charge in [-0.25, -0.2) is 8.78 Å². The van der Waals surface area contributed by atoms with Gasteiger partial charge in [0, 0.05) is 32.9 Å². The molecule has 1 aliphatic carbocycles. The molecule has 2 rings (SSSR count). The second-order valence-electron chi connectivity index (χ2n) is 5.72. The van der Waals surface area contributed by atoms with E-state index in [1.54, 1.807) is 7.05 Å². The third-order valence-electron chi connectivity index (χ3n) is 3.58. The number of benzene rings is 1. The number of halogens is 2. The molecule has 1 saturated carbocycles. The second-order valence-corrected chi connectivity index (χ2v) is 5.72. The highest BCUT2D eigenvalue weighted by Gasteiger charge is 2.20. The minimum atomic E-state index is -0.705. The van der Waals surface area contributed by atoms with Crippen LogP contribution in [-0.4, -0.2) is 45.9 Å². The molecule has 0 amide bonds. The van der Waals surface area contributed by atoms with Crippen LogP contribution < -0.4 is 15.4 Å². The summed E-state index contributed by atoms with van der Waals surface area (Å²) in [6.45, 7) is 3.08. The molecule has 0 heterocycles. The molecule has 0 bridgehead atoms. The Morgan fingerprint density at radius 2 is 2.00 bits per heavy atom. The summed E-state index contributed by atoms with van der Waals surface area (Å²) in [4.78, 5) is 4.09. The zero-order chi connectivity index (χ0) is 17.2. The molecule has 1 aliphatic rings. The largest absolute Gasteiger partial charge is 0.489 e. The molecule has 1 aromatic carbocycles. The van der Waals surface area contributed by atoms with Crippen molar-refractivity contribution in [1.82, 2.24) is 10.6 Å². The van der Waals surface area contributed by atoms with Crippen LogP contribution in [0.3, 0.4) is 0 Å². The van der Waals surface area contributed by atoms with Crippen LogP contribution in [0, 0.1) is 17.6 Å². The summed E-state index contributed by atoms with van der Waals surface area (Å²) < 4.78 is 37.0. The van der Waals surface area contributed by atoms with Gasteiger partial charge in [0.05, 0.1) is 6.54 Å². The molecular weight excluding hydrogens is 316 g/mol. The lowest BCUT2D eigenvalue weighted by molar-refractivity contribution is 0.123. The summed E-state index contributed by atoms with van der Waals surface area (Å²) in [5, 5.41) is 6.24. The Bertz CT molecular complexity index is 537. The minimum absolute atomic E-state index is 0.0361. The maximum Gasteiger partial charge on any atom is 0.191 e. The maximum atomic E-state index is 13.4. The number of hydrogen-bond donors (Lipinski definition) is 2. The first-order chi connectivity index (χ1) is 11.7. The predicted molar refractivity (Wildman–Crippen MR) is 89.4 cm³/mol. The number of aliphatic imine (C=N–C) groups is 1. The van der Waals surface area contributed by atoms with Crippen molar-refractivity contribution in [3.8, 4) is 5.75 Å². The van der Waals surface area contributed by atoms with Gasteiger partial charge in [-0.2, -0.15) is 0 Å². The van der Waals surface area contributed by atoms with Gasteiger partial charge in [0.15, 0.2) is 17.5 Å². The van der Waals surface area contributed by atoms with Gasteiger partial charge in [-0.1, -0.05) is 0 Å². The molecule has 0 aromatic heterocycles. The molecule has 0 radical (unpaired) electrons. The van der Waals surface area contributed by atoms with Crippen molar-refractivity contribution in [2.45, 2.75) is 19.3 Å². The number of nitrogens with one attached hydrogen (secondary N) is 2. The number of guanidine groups is 1. The van der Waals surface area contributed by atoms with E-state index in [0.29, 0.717) is 12.5 Å². The van der Waals surface area contributed by atoms with E-state index in [0.717, 1.165) is 44.2 Å². The van der Waals surface area contributed by atoms with Crippen molar-refractivity contribution in [3.63, 3.8) is 0 Å². The van der Waals surface area contributed by atoms with Crippen LogP contribution in [0.2, 0.25) is 0 Å². The summed E-state index contributed by atoms with van der Waals surface area (Å²) in [5.74, 6) is 0.153. The fourth-order valence-electron chi connectivity index (χ4n) is 2.06. The van der Waals surface area contributed by atoms with Crippen LogP contribution in [-0.2, 0) is 4.74 Å². The number of hydrogen-bond acceptors (Lipinski definition) is 3. The maximum absolute atomic E-state index is 13.4. The summed E-state index contributed by atoms with van der Waals surface area (Å²) in [6, 6.07) is 3.24. The fourth-order valence-corrected chi connectivity index (χ4v) is 2.06. The molecule has 0 atom stereocenters. The highest BCUT2D eigenvalue weighted by molar-refractivity contribution is 5.79. The van der Waals surface area contributed by atoms with E-state index < -0.39 is 11.6 Å². The first kappa shape index (κ1) is 18.4. The van der Waals surface area contributed by atoms with E-state index >= 15 is 0 Å². The topological polar surface area (TPSA) is 54.9 Å². The summed E-state index contributed by atoms with van der Waals surface area (Å²) in [5.41, 5.74) is 0.